The topological polar surface area (TPSA) is 66.0 Å². The molecule has 2 atom stereocenters. The molecule has 0 bridgehead atoms. The molecule has 0 aliphatic heterocycles. The van der Waals surface area contributed by atoms with Gasteiger partial charge in [0.1, 0.15) is 0 Å². The van der Waals surface area contributed by atoms with Crippen LogP contribution in [0.2, 0.25) is 0 Å². The molecule has 0 aliphatic carbocycles. The number of aromatic nitrogens is 2. The van der Waals surface area contributed by atoms with E-state index >= 15 is 0 Å². The van der Waals surface area contributed by atoms with Crippen molar-refractivity contribution in [3.8, 4) is 5.88 Å². The fourth-order valence-electron chi connectivity index (χ4n) is 1.43. The summed E-state index contributed by atoms with van der Waals surface area (Å²) in [4.78, 5) is 18.6. The third-order valence-electron chi connectivity index (χ3n) is 2.91. The Morgan fingerprint density at radius 2 is 2.00 bits per heavy atom. The van der Waals surface area contributed by atoms with Crippen LogP contribution in [0.5, 0.6) is 5.88 Å². The number of hydrogen-bond acceptors (Lipinski definition) is 4. The molecule has 0 unspecified atom stereocenters. The van der Waals surface area contributed by atoms with Crippen molar-refractivity contribution in [3.63, 3.8) is 0 Å². The molecule has 0 radical (unpaired) electrons. The molecule has 0 amide bonds. The average molecular weight is 256 g/mol. The largest absolute Gasteiger partial charge is 0.493 e. The molecule has 17 heavy (non-hydrogen) atoms. The number of aromatic amines is 1. The van der Waals surface area contributed by atoms with E-state index in [-0.39, 0.29) is 17.4 Å². The first kappa shape index (κ1) is 14.1. The molecule has 0 saturated carbocycles. The molecule has 5 heteroatoms. The minimum atomic E-state index is -0.224. The maximum Gasteiger partial charge on any atom is 0.258 e. The van der Waals surface area contributed by atoms with Crippen LogP contribution in [0.15, 0.2) is 9.95 Å². The lowest BCUT2D eigenvalue weighted by Crippen LogP contribution is -2.17. The van der Waals surface area contributed by atoms with Gasteiger partial charge in [-0.05, 0) is 18.8 Å². The van der Waals surface area contributed by atoms with Crippen LogP contribution in [0.4, 0.5) is 0 Å². The zero-order valence-electron chi connectivity index (χ0n) is 10.8. The highest BCUT2D eigenvalue weighted by Gasteiger charge is 2.16. The zero-order chi connectivity index (χ0) is 13.0. The number of thioether (sulfide) groups is 1. The Morgan fingerprint density at radius 1 is 1.35 bits per heavy atom. The van der Waals surface area contributed by atoms with Gasteiger partial charge in [-0.25, -0.2) is 0 Å². The summed E-state index contributed by atoms with van der Waals surface area (Å²) in [5.41, 5.74) is 0.165. The lowest BCUT2D eigenvalue weighted by atomic mass is 10.0. The number of nitrogens with one attached hydrogen (secondary N) is 1. The molecule has 1 rings (SSSR count). The molecule has 0 aromatic carbocycles. The molecule has 0 saturated heterocycles. The Morgan fingerprint density at radius 3 is 2.47 bits per heavy atom. The summed E-state index contributed by atoms with van der Waals surface area (Å²) >= 11 is 1.47. The summed E-state index contributed by atoms with van der Waals surface area (Å²) < 4.78 is 0. The Bertz CT molecular complexity index is 431. The minimum absolute atomic E-state index is 0.0221. The van der Waals surface area contributed by atoms with Crippen LogP contribution in [-0.4, -0.2) is 20.3 Å². The summed E-state index contributed by atoms with van der Waals surface area (Å²) in [6.07, 6.45) is 1.79. The molecule has 4 nitrogen and oxygen atoms in total. The second-order valence-electron chi connectivity index (χ2n) is 4.25. The molecule has 0 fully saturated rings. The van der Waals surface area contributed by atoms with E-state index in [2.05, 4.69) is 23.8 Å². The first-order valence-corrected chi connectivity index (χ1v) is 6.87. The van der Waals surface area contributed by atoms with Gasteiger partial charge in [-0.15, -0.1) is 0 Å². The first-order chi connectivity index (χ1) is 7.99. The van der Waals surface area contributed by atoms with Crippen LogP contribution >= 0.6 is 11.8 Å². The smallest absolute Gasteiger partial charge is 0.258 e. The standard InChI is InChI=1S/C12H20N2O2S/c1-5-7(3)9-10(15)13-12(14-11(9)16)17-8(4)6-2/h7-8H,5-6H2,1-4H3,(H2,13,14,15,16)/t7-,8-/m0/s1. The van der Waals surface area contributed by atoms with Crippen LogP contribution in [0.3, 0.4) is 0 Å². The normalized spacial score (nSPS) is 14.6. The summed E-state index contributed by atoms with van der Waals surface area (Å²) in [6, 6.07) is 0. The van der Waals surface area contributed by atoms with E-state index in [1.165, 1.54) is 11.8 Å². The number of aromatic hydroxyl groups is 1. The third kappa shape index (κ3) is 3.49. The second-order valence-corrected chi connectivity index (χ2v) is 5.68. The van der Waals surface area contributed by atoms with Crippen molar-refractivity contribution < 1.29 is 5.11 Å². The predicted molar refractivity (Wildman–Crippen MR) is 70.8 cm³/mol. The minimum Gasteiger partial charge on any atom is -0.493 e. The van der Waals surface area contributed by atoms with Gasteiger partial charge in [-0.2, -0.15) is 4.98 Å². The number of nitrogens with zero attached hydrogens (tertiary/aromatic N) is 1. The summed E-state index contributed by atoms with van der Waals surface area (Å²) in [7, 11) is 0. The van der Waals surface area contributed by atoms with Crippen molar-refractivity contribution in [2.24, 2.45) is 0 Å². The van der Waals surface area contributed by atoms with Gasteiger partial charge < -0.3 is 10.1 Å². The molecule has 0 spiro atoms. The molecule has 0 aliphatic rings. The van der Waals surface area contributed by atoms with Gasteiger partial charge >= 0.3 is 0 Å². The van der Waals surface area contributed by atoms with E-state index in [1.807, 2.05) is 13.8 Å². The molecule has 1 aromatic rings. The van der Waals surface area contributed by atoms with Gasteiger partial charge in [0.25, 0.3) is 5.56 Å². The predicted octanol–water partition coefficient (Wildman–Crippen LogP) is 2.88. The van der Waals surface area contributed by atoms with Gasteiger partial charge in [0, 0.05) is 5.25 Å². The fourth-order valence-corrected chi connectivity index (χ4v) is 2.27. The van der Waals surface area contributed by atoms with Crippen molar-refractivity contribution in [2.45, 2.75) is 56.9 Å². The Labute approximate surface area is 106 Å². The highest BCUT2D eigenvalue weighted by molar-refractivity contribution is 7.99. The van der Waals surface area contributed by atoms with Gasteiger partial charge in [0.2, 0.25) is 5.88 Å². The monoisotopic (exact) mass is 256 g/mol. The number of rotatable bonds is 5. The molecule has 1 heterocycles. The lowest BCUT2D eigenvalue weighted by molar-refractivity contribution is 0.429. The Balaban J connectivity index is 3.05. The van der Waals surface area contributed by atoms with E-state index in [4.69, 9.17) is 0 Å². The van der Waals surface area contributed by atoms with E-state index in [0.717, 1.165) is 12.8 Å². The Kier molecular flexibility index (Phi) is 5.05. The van der Waals surface area contributed by atoms with Crippen LogP contribution < -0.4 is 5.56 Å². The van der Waals surface area contributed by atoms with Gasteiger partial charge in [0.15, 0.2) is 5.16 Å². The first-order valence-electron chi connectivity index (χ1n) is 5.99. The van der Waals surface area contributed by atoms with Gasteiger partial charge in [0.05, 0.1) is 5.56 Å². The average Bonchev–Trinajstić information content (AvgIpc) is 2.27. The molecular formula is C12H20N2O2S. The van der Waals surface area contributed by atoms with Gasteiger partial charge in [-0.3, -0.25) is 4.79 Å². The number of H-pyrrole nitrogens is 1. The maximum absolute atomic E-state index is 11.9. The third-order valence-corrected chi connectivity index (χ3v) is 4.06. The Hall–Kier alpha value is -0.970. The van der Waals surface area contributed by atoms with Crippen molar-refractivity contribution in [3.05, 3.63) is 15.9 Å². The molecular weight excluding hydrogens is 236 g/mol. The van der Waals surface area contributed by atoms with E-state index < -0.39 is 0 Å². The van der Waals surface area contributed by atoms with Crippen LogP contribution in [-0.2, 0) is 0 Å². The second kappa shape index (κ2) is 6.10. The quantitative estimate of drug-likeness (QED) is 0.628. The van der Waals surface area contributed by atoms with Gasteiger partial charge in [-0.1, -0.05) is 39.5 Å². The number of hydrogen-bond donors (Lipinski definition) is 2. The van der Waals surface area contributed by atoms with Crippen LogP contribution in [0.1, 0.15) is 52.0 Å². The van der Waals surface area contributed by atoms with Crippen molar-refractivity contribution >= 4 is 11.8 Å². The summed E-state index contributed by atoms with van der Waals surface area (Å²) in [5.74, 6) is -0.109. The zero-order valence-corrected chi connectivity index (χ0v) is 11.6. The van der Waals surface area contributed by atoms with Crippen molar-refractivity contribution in [2.75, 3.05) is 0 Å². The molecule has 96 valence electrons. The SMILES string of the molecule is CC[C@H](C)Sc1nc(O)c([C@@H](C)CC)c(=O)[nH]1. The summed E-state index contributed by atoms with van der Waals surface area (Å²) in [6.45, 7) is 8.02. The van der Waals surface area contributed by atoms with Crippen molar-refractivity contribution in [1.29, 1.82) is 0 Å². The fraction of sp³-hybridized carbons (Fsp3) is 0.667. The van der Waals surface area contributed by atoms with E-state index in [9.17, 15) is 9.90 Å². The van der Waals surface area contributed by atoms with E-state index in [1.54, 1.807) is 0 Å². The molecule has 2 N–H and O–H groups in total. The van der Waals surface area contributed by atoms with Crippen LogP contribution in [0.25, 0.3) is 0 Å². The summed E-state index contributed by atoms with van der Waals surface area (Å²) in [5, 5.41) is 10.7. The molecule has 1 aromatic heterocycles. The lowest BCUT2D eigenvalue weighted by Gasteiger charge is -2.11. The van der Waals surface area contributed by atoms with E-state index in [0.29, 0.717) is 16.0 Å². The van der Waals surface area contributed by atoms with Crippen LogP contribution in [0, 0.1) is 0 Å². The highest BCUT2D eigenvalue weighted by atomic mass is 32.2. The van der Waals surface area contributed by atoms with Crippen molar-refractivity contribution in [1.82, 2.24) is 9.97 Å². The highest BCUT2D eigenvalue weighted by Crippen LogP contribution is 2.26. The maximum atomic E-state index is 11.9.